The van der Waals surface area contributed by atoms with Crippen LogP contribution in [0.5, 0.6) is 0 Å². The minimum absolute atomic E-state index is 0.353. The summed E-state index contributed by atoms with van der Waals surface area (Å²) in [4.78, 5) is 16.1. The predicted molar refractivity (Wildman–Crippen MR) is 59.6 cm³/mol. The number of carbonyl (C=O) groups excluding carboxylic acids is 1. The Morgan fingerprint density at radius 1 is 1.47 bits per heavy atom. The van der Waals surface area contributed by atoms with Crippen molar-refractivity contribution >= 4 is 12.7 Å². The van der Waals surface area contributed by atoms with Crippen LogP contribution in [0.4, 0.5) is 0 Å². The van der Waals surface area contributed by atoms with Crippen LogP contribution in [0.15, 0.2) is 48.1 Å². The molecule has 0 N–H and O–H groups in total. The van der Waals surface area contributed by atoms with Gasteiger partial charge in [-0.2, -0.15) is 0 Å². The fourth-order valence-electron chi connectivity index (χ4n) is 1.35. The van der Waals surface area contributed by atoms with Gasteiger partial charge in [0, 0.05) is 6.72 Å². The van der Waals surface area contributed by atoms with Crippen molar-refractivity contribution in [3.8, 4) is 0 Å². The number of rotatable bonds is 5. The molecule has 1 rings (SSSR count). The molecule has 0 bridgehead atoms. The summed E-state index contributed by atoms with van der Waals surface area (Å²) in [5, 5.41) is 3.13. The fourth-order valence-corrected chi connectivity index (χ4v) is 1.35. The SMILES string of the molecule is C=CCC(C(=O)ON=C)c1ccccc1. The van der Waals surface area contributed by atoms with Crippen molar-refractivity contribution in [2.75, 3.05) is 0 Å². The van der Waals surface area contributed by atoms with Gasteiger partial charge < -0.3 is 4.84 Å². The zero-order valence-corrected chi connectivity index (χ0v) is 8.43. The lowest BCUT2D eigenvalue weighted by Crippen LogP contribution is -2.13. The third-order valence-corrected chi connectivity index (χ3v) is 2.04. The Morgan fingerprint density at radius 3 is 2.67 bits per heavy atom. The van der Waals surface area contributed by atoms with Crippen molar-refractivity contribution in [1.82, 2.24) is 0 Å². The van der Waals surface area contributed by atoms with Crippen LogP contribution in [0.3, 0.4) is 0 Å². The van der Waals surface area contributed by atoms with E-state index in [4.69, 9.17) is 0 Å². The van der Waals surface area contributed by atoms with Crippen LogP contribution < -0.4 is 0 Å². The van der Waals surface area contributed by atoms with E-state index in [1.165, 1.54) is 0 Å². The fraction of sp³-hybridized carbons (Fsp3) is 0.167. The maximum Gasteiger partial charge on any atom is 0.342 e. The summed E-state index contributed by atoms with van der Waals surface area (Å²) >= 11 is 0. The minimum Gasteiger partial charge on any atom is -0.318 e. The molecule has 0 amide bonds. The Kier molecular flexibility index (Phi) is 4.29. The Morgan fingerprint density at radius 2 is 2.13 bits per heavy atom. The van der Waals surface area contributed by atoms with Gasteiger partial charge >= 0.3 is 5.97 Å². The number of hydrogen-bond acceptors (Lipinski definition) is 3. The second-order valence-corrected chi connectivity index (χ2v) is 3.03. The molecule has 15 heavy (non-hydrogen) atoms. The molecule has 1 unspecified atom stereocenters. The number of oxime groups is 1. The number of hydrogen-bond donors (Lipinski definition) is 0. The van der Waals surface area contributed by atoms with Crippen molar-refractivity contribution < 1.29 is 9.63 Å². The lowest BCUT2D eigenvalue weighted by Gasteiger charge is -2.11. The second-order valence-electron chi connectivity index (χ2n) is 3.03. The van der Waals surface area contributed by atoms with Gasteiger partial charge in [0.15, 0.2) is 0 Å². The van der Waals surface area contributed by atoms with Gasteiger partial charge in [-0.1, -0.05) is 41.6 Å². The first-order valence-electron chi connectivity index (χ1n) is 4.62. The Hall–Kier alpha value is -1.90. The highest BCUT2D eigenvalue weighted by Crippen LogP contribution is 2.21. The molecule has 0 spiro atoms. The van der Waals surface area contributed by atoms with Crippen LogP contribution in [0.25, 0.3) is 0 Å². The minimum atomic E-state index is -0.406. The molecular weight excluding hydrogens is 190 g/mol. The topological polar surface area (TPSA) is 38.7 Å². The quantitative estimate of drug-likeness (QED) is 0.319. The molecule has 0 aliphatic heterocycles. The van der Waals surface area contributed by atoms with Gasteiger partial charge in [0.2, 0.25) is 0 Å². The molecule has 3 nitrogen and oxygen atoms in total. The highest BCUT2D eigenvalue weighted by atomic mass is 16.7. The monoisotopic (exact) mass is 203 g/mol. The third kappa shape index (κ3) is 3.06. The number of benzene rings is 1. The van der Waals surface area contributed by atoms with Gasteiger partial charge in [0.25, 0.3) is 0 Å². The van der Waals surface area contributed by atoms with Crippen LogP contribution in [0.2, 0.25) is 0 Å². The normalized spacial score (nSPS) is 11.5. The first-order chi connectivity index (χ1) is 7.29. The van der Waals surface area contributed by atoms with Crippen molar-refractivity contribution in [3.63, 3.8) is 0 Å². The average Bonchev–Trinajstić information content (AvgIpc) is 2.27. The molecule has 0 saturated carbocycles. The smallest absolute Gasteiger partial charge is 0.318 e. The summed E-state index contributed by atoms with van der Waals surface area (Å²) in [5.41, 5.74) is 0.894. The average molecular weight is 203 g/mol. The Bertz CT molecular complexity index is 346. The first-order valence-corrected chi connectivity index (χ1v) is 4.62. The van der Waals surface area contributed by atoms with E-state index in [0.29, 0.717) is 6.42 Å². The van der Waals surface area contributed by atoms with E-state index in [1.807, 2.05) is 30.3 Å². The highest BCUT2D eigenvalue weighted by Gasteiger charge is 2.20. The molecule has 0 fully saturated rings. The summed E-state index contributed by atoms with van der Waals surface area (Å²) in [7, 11) is 0. The summed E-state index contributed by atoms with van der Waals surface area (Å²) < 4.78 is 0. The zero-order valence-electron chi connectivity index (χ0n) is 8.43. The van der Waals surface area contributed by atoms with Gasteiger partial charge in [-0.25, -0.2) is 4.79 Å². The van der Waals surface area contributed by atoms with Crippen LogP contribution in [-0.2, 0) is 9.63 Å². The van der Waals surface area contributed by atoms with E-state index < -0.39 is 5.97 Å². The van der Waals surface area contributed by atoms with Gasteiger partial charge in [-0.15, -0.1) is 6.58 Å². The third-order valence-electron chi connectivity index (χ3n) is 2.04. The number of allylic oxidation sites excluding steroid dienone is 1. The molecule has 0 saturated heterocycles. The van der Waals surface area contributed by atoms with E-state index >= 15 is 0 Å². The van der Waals surface area contributed by atoms with E-state index in [2.05, 4.69) is 23.3 Å². The molecule has 0 radical (unpaired) electrons. The molecule has 78 valence electrons. The lowest BCUT2D eigenvalue weighted by molar-refractivity contribution is -0.145. The van der Waals surface area contributed by atoms with E-state index in [1.54, 1.807) is 6.08 Å². The molecule has 0 aliphatic carbocycles. The molecule has 1 aromatic carbocycles. The summed E-state index contributed by atoms with van der Waals surface area (Å²) in [6, 6.07) is 9.39. The Balaban J connectivity index is 2.87. The van der Waals surface area contributed by atoms with Crippen LogP contribution in [0, 0.1) is 0 Å². The van der Waals surface area contributed by atoms with E-state index in [0.717, 1.165) is 5.56 Å². The van der Waals surface area contributed by atoms with Gasteiger partial charge in [-0.05, 0) is 12.0 Å². The molecule has 1 atom stereocenters. The van der Waals surface area contributed by atoms with Crippen molar-refractivity contribution in [2.24, 2.45) is 5.16 Å². The summed E-state index contributed by atoms with van der Waals surface area (Å²) in [5.74, 6) is -0.759. The standard InChI is InChI=1S/C12H13NO2/c1-3-7-11(12(14)15-13-2)10-8-5-4-6-9-10/h3-6,8-9,11H,1-2,7H2. The van der Waals surface area contributed by atoms with E-state index in [9.17, 15) is 4.79 Å². The number of carbonyl (C=O) groups is 1. The Labute approximate surface area is 89.1 Å². The van der Waals surface area contributed by atoms with Crippen molar-refractivity contribution in [1.29, 1.82) is 0 Å². The van der Waals surface area contributed by atoms with Crippen molar-refractivity contribution in [3.05, 3.63) is 48.6 Å². The van der Waals surface area contributed by atoms with Gasteiger partial charge in [0.1, 0.15) is 0 Å². The van der Waals surface area contributed by atoms with Gasteiger partial charge in [0.05, 0.1) is 5.92 Å². The van der Waals surface area contributed by atoms with Crippen LogP contribution in [-0.4, -0.2) is 12.7 Å². The summed E-state index contributed by atoms with van der Waals surface area (Å²) in [6.45, 7) is 6.73. The highest BCUT2D eigenvalue weighted by molar-refractivity contribution is 5.78. The molecule has 0 aliphatic rings. The maximum atomic E-state index is 11.5. The molecular formula is C12H13NO2. The summed E-state index contributed by atoms with van der Waals surface area (Å²) in [6.07, 6.45) is 2.21. The van der Waals surface area contributed by atoms with E-state index in [-0.39, 0.29) is 5.92 Å². The van der Waals surface area contributed by atoms with Crippen molar-refractivity contribution in [2.45, 2.75) is 12.3 Å². The predicted octanol–water partition coefficient (Wildman–Crippen LogP) is 2.51. The molecule has 0 aromatic heterocycles. The van der Waals surface area contributed by atoms with Crippen LogP contribution >= 0.6 is 0 Å². The molecule has 0 heterocycles. The lowest BCUT2D eigenvalue weighted by atomic mass is 9.96. The molecule has 3 heteroatoms. The molecule has 1 aromatic rings. The zero-order chi connectivity index (χ0) is 11.1. The maximum absolute atomic E-state index is 11.5. The first kappa shape index (κ1) is 11.2. The van der Waals surface area contributed by atoms with Gasteiger partial charge in [-0.3, -0.25) is 0 Å². The largest absolute Gasteiger partial charge is 0.342 e. The second kappa shape index (κ2) is 5.75. The van der Waals surface area contributed by atoms with Crippen LogP contribution in [0.1, 0.15) is 17.9 Å². The number of nitrogens with zero attached hydrogens (tertiary/aromatic N) is 1.